The Kier molecular flexibility index (Phi) is 12.0. The quantitative estimate of drug-likeness (QED) is 0.0953. The number of rotatable bonds is 6. The monoisotopic (exact) mass is 774 g/mol. The van der Waals surface area contributed by atoms with Crippen LogP contribution in [0.1, 0.15) is 120 Å². The normalized spacial score (nSPS) is 49.2. The topological polar surface area (TPSA) is 224 Å². The van der Waals surface area contributed by atoms with Gasteiger partial charge < -0.3 is 40.5 Å². The predicted octanol–water partition coefficient (Wildman–Crippen LogP) is 4.51. The summed E-state index contributed by atoms with van der Waals surface area (Å²) in [5.41, 5.74) is -3.68. The number of ether oxygens (including phenoxy) is 2. The fourth-order valence-corrected chi connectivity index (χ4v) is 13.4. The van der Waals surface area contributed by atoms with E-state index in [1.54, 1.807) is 6.92 Å². The molecule has 310 valence electrons. The number of aliphatic hydroxyl groups excluding tert-OH is 4. The molecule has 0 aromatic heterocycles. The van der Waals surface area contributed by atoms with Crippen molar-refractivity contribution in [2.45, 2.75) is 144 Å². The third kappa shape index (κ3) is 6.51. The standard InChI is InChI=1S/C21H33NO6.C21H33NO5/c1-12-5-7-21-8-6-14(24)17(21)20(12,4)15(28-16(25)10-23)9-19(3,11-22-27)18(26)13(21)2;1-12-5-7-21-8-6-14(24)17(21)20(12,4)15(27-16(25)10-23)9-19(3,11-22)18(26)13(21)2/h11-13,15,17-18,23,26-27H,5-10H2,1-4H3;11-13,15,17-18,22-23,26H,5-10H2,1-4H3/b22-11+;/t2*12-,13+,15-,17+,18+,19+,20+,21+/m11/s1. The van der Waals surface area contributed by atoms with Gasteiger partial charge in [-0.05, 0) is 85.9 Å². The molecule has 0 aromatic carbocycles. The molecule has 0 radical (unpaired) electrons. The van der Waals surface area contributed by atoms with Gasteiger partial charge in [0.1, 0.15) is 37.0 Å². The first-order chi connectivity index (χ1) is 25.6. The van der Waals surface area contributed by atoms with Gasteiger partial charge in [-0.25, -0.2) is 9.59 Å². The van der Waals surface area contributed by atoms with E-state index in [1.807, 2.05) is 34.6 Å². The maximum atomic E-state index is 13.1. The van der Waals surface area contributed by atoms with Gasteiger partial charge in [0.15, 0.2) is 0 Å². The van der Waals surface area contributed by atoms with Crippen molar-refractivity contribution >= 4 is 35.9 Å². The maximum absolute atomic E-state index is 13.1. The molecule has 6 aliphatic rings. The first-order valence-corrected chi connectivity index (χ1v) is 20.4. The molecule has 0 saturated heterocycles. The minimum atomic E-state index is -0.934. The zero-order valence-electron chi connectivity index (χ0n) is 34.0. The van der Waals surface area contributed by atoms with Crippen LogP contribution >= 0.6 is 0 Å². The summed E-state index contributed by atoms with van der Waals surface area (Å²) in [5.74, 6) is -1.67. The van der Waals surface area contributed by atoms with E-state index in [0.717, 1.165) is 32.1 Å². The Morgan fingerprint density at radius 3 is 1.47 bits per heavy atom. The first kappa shape index (κ1) is 43.4. The highest BCUT2D eigenvalue weighted by molar-refractivity contribution is 5.86. The van der Waals surface area contributed by atoms with Crippen LogP contribution in [0.3, 0.4) is 0 Å². The number of aliphatic hydroxyl groups is 4. The van der Waals surface area contributed by atoms with Crippen molar-refractivity contribution in [1.29, 1.82) is 5.41 Å². The Morgan fingerprint density at radius 2 is 1.11 bits per heavy atom. The number of carbonyl (C=O) groups excluding carboxylic acids is 4. The molecule has 6 N–H and O–H groups in total. The van der Waals surface area contributed by atoms with E-state index in [1.165, 1.54) is 12.4 Å². The lowest BCUT2D eigenvalue weighted by Crippen LogP contribution is -2.63. The van der Waals surface area contributed by atoms with Crippen LogP contribution < -0.4 is 0 Å². The van der Waals surface area contributed by atoms with Crippen molar-refractivity contribution in [2.24, 2.45) is 73.2 Å². The summed E-state index contributed by atoms with van der Waals surface area (Å²) in [7, 11) is 0. The Morgan fingerprint density at radius 1 is 0.727 bits per heavy atom. The lowest BCUT2D eigenvalue weighted by atomic mass is 9.44. The summed E-state index contributed by atoms with van der Waals surface area (Å²) >= 11 is 0. The van der Waals surface area contributed by atoms with Crippen molar-refractivity contribution in [3.8, 4) is 0 Å². The largest absolute Gasteiger partial charge is 0.460 e. The molecule has 0 unspecified atom stereocenters. The zero-order valence-corrected chi connectivity index (χ0v) is 34.0. The van der Waals surface area contributed by atoms with Gasteiger partial charge >= 0.3 is 11.9 Å². The van der Waals surface area contributed by atoms with E-state index in [-0.39, 0.29) is 70.7 Å². The van der Waals surface area contributed by atoms with E-state index >= 15 is 0 Å². The summed E-state index contributed by atoms with van der Waals surface area (Å²) in [6.07, 6.45) is 6.03. The minimum absolute atomic E-state index is 0.123. The van der Waals surface area contributed by atoms with Gasteiger partial charge in [0.05, 0.1) is 18.4 Å². The van der Waals surface area contributed by atoms with Gasteiger partial charge in [0.25, 0.3) is 0 Å². The van der Waals surface area contributed by atoms with E-state index in [0.29, 0.717) is 19.3 Å². The van der Waals surface area contributed by atoms with E-state index < -0.39 is 71.2 Å². The van der Waals surface area contributed by atoms with Gasteiger partial charge in [-0.2, -0.15) is 0 Å². The van der Waals surface area contributed by atoms with Gasteiger partial charge in [0, 0.05) is 52.6 Å². The fraction of sp³-hybridized carbons (Fsp3) is 0.857. The van der Waals surface area contributed by atoms with Crippen LogP contribution in [0.25, 0.3) is 0 Å². The van der Waals surface area contributed by atoms with Crippen LogP contribution in [0.4, 0.5) is 0 Å². The lowest BCUT2D eigenvalue weighted by molar-refractivity contribution is -0.205. The van der Waals surface area contributed by atoms with Crippen molar-refractivity contribution < 1.29 is 54.3 Å². The highest BCUT2D eigenvalue weighted by Crippen LogP contribution is 2.69. The maximum Gasteiger partial charge on any atom is 0.332 e. The van der Waals surface area contributed by atoms with Gasteiger partial charge in [0.2, 0.25) is 0 Å². The van der Waals surface area contributed by atoms with Gasteiger partial charge in [-0.15, -0.1) is 5.16 Å². The molecule has 13 nitrogen and oxygen atoms in total. The van der Waals surface area contributed by atoms with E-state index in [4.69, 9.17) is 14.9 Å². The molecule has 6 fully saturated rings. The molecule has 0 amide bonds. The molecule has 0 aliphatic heterocycles. The van der Waals surface area contributed by atoms with Crippen LogP contribution in [0, 0.1) is 73.4 Å². The molecule has 0 aromatic rings. The Bertz CT molecular complexity index is 1550. The van der Waals surface area contributed by atoms with Crippen molar-refractivity contribution in [2.75, 3.05) is 13.2 Å². The van der Waals surface area contributed by atoms with E-state index in [9.17, 15) is 44.8 Å². The summed E-state index contributed by atoms with van der Waals surface area (Å²) in [5, 5.41) is 61.6. The molecular formula is C42H66N2O11. The van der Waals surface area contributed by atoms with Crippen LogP contribution in [0.5, 0.6) is 0 Å². The lowest BCUT2D eigenvalue weighted by Gasteiger charge is -2.61. The third-order valence-electron chi connectivity index (χ3n) is 17.2. The predicted molar refractivity (Wildman–Crippen MR) is 202 cm³/mol. The average Bonchev–Trinajstić information content (AvgIpc) is 3.70. The summed E-state index contributed by atoms with van der Waals surface area (Å²) in [4.78, 5) is 50.3. The van der Waals surface area contributed by atoms with Crippen molar-refractivity contribution in [1.82, 2.24) is 0 Å². The molecule has 16 atom stereocenters. The molecule has 13 heteroatoms. The number of nitrogens with zero attached hydrogens (tertiary/aromatic N) is 1. The molecular weight excluding hydrogens is 708 g/mol. The minimum Gasteiger partial charge on any atom is -0.460 e. The second kappa shape index (κ2) is 15.2. The molecule has 6 saturated carbocycles. The number of Topliss-reactive ketones (excluding diaryl/α,β-unsaturated/α-hetero) is 2. The Balaban J connectivity index is 0.000000211. The smallest absolute Gasteiger partial charge is 0.332 e. The summed E-state index contributed by atoms with van der Waals surface area (Å²) < 4.78 is 11.4. The van der Waals surface area contributed by atoms with E-state index in [2.05, 4.69) is 19.0 Å². The number of hydrogen-bond donors (Lipinski definition) is 6. The van der Waals surface area contributed by atoms with Crippen molar-refractivity contribution in [3.63, 3.8) is 0 Å². The third-order valence-corrected chi connectivity index (χ3v) is 17.2. The molecule has 0 heterocycles. The van der Waals surface area contributed by atoms with Crippen molar-refractivity contribution in [3.05, 3.63) is 0 Å². The fourth-order valence-electron chi connectivity index (χ4n) is 13.4. The SMILES string of the molecule is C[C@@H]1CC[C@@]23CCC(=O)[C@H]2[C@]1(C)[C@H](OC(=O)CO)C[C@@](C)(/C=N/O)[C@@H](O)[C@@H]3C.C[C@@H]1CC[C@@]23CCC(=O)[C@H]2[C@]1(C)[C@H](OC(=O)CO)C[C@@](C)(C=N)[C@@H](O)[C@@H]3C. The second-order valence-electron chi connectivity index (χ2n) is 19.4. The molecule has 55 heavy (non-hydrogen) atoms. The second-order valence-corrected chi connectivity index (χ2v) is 19.4. The summed E-state index contributed by atoms with van der Waals surface area (Å²) in [6.45, 7) is 14.5. The average molecular weight is 775 g/mol. The number of oxime groups is 1. The zero-order chi connectivity index (χ0) is 41.1. The molecule has 6 aliphatic carbocycles. The van der Waals surface area contributed by atoms with Crippen LogP contribution in [0.15, 0.2) is 5.16 Å². The summed E-state index contributed by atoms with van der Waals surface area (Å²) in [6, 6.07) is 0. The van der Waals surface area contributed by atoms with Crippen LogP contribution in [-0.4, -0.2) is 99.2 Å². The van der Waals surface area contributed by atoms with Gasteiger partial charge in [-0.1, -0.05) is 55.4 Å². The van der Waals surface area contributed by atoms with Gasteiger partial charge in [-0.3, -0.25) is 9.59 Å². The first-order valence-electron chi connectivity index (χ1n) is 20.4. The Labute approximate surface area is 325 Å². The highest BCUT2D eigenvalue weighted by atomic mass is 16.6. The Hall–Kier alpha value is -2.74. The number of ketones is 2. The number of hydrogen-bond acceptors (Lipinski definition) is 13. The number of nitrogens with one attached hydrogen (secondary N) is 1. The highest BCUT2D eigenvalue weighted by Gasteiger charge is 2.70. The number of carbonyl (C=O) groups is 4. The molecule has 4 bridgehead atoms. The van der Waals surface area contributed by atoms with Crippen LogP contribution in [-0.2, 0) is 28.7 Å². The number of esters is 2. The molecule has 6 rings (SSSR count). The molecule has 0 spiro atoms. The van der Waals surface area contributed by atoms with Crippen LogP contribution in [0.2, 0.25) is 0 Å².